The largest absolute Gasteiger partial charge is 0.490 e. The van der Waals surface area contributed by atoms with Crippen LogP contribution in [-0.4, -0.2) is 30.9 Å². The Balaban J connectivity index is 1.55. The molecule has 0 spiro atoms. The average Bonchev–Trinajstić information content (AvgIpc) is 2.97. The molecule has 1 aliphatic heterocycles. The maximum atomic E-state index is 13.5. The summed E-state index contributed by atoms with van der Waals surface area (Å²) in [6.45, 7) is 2.95. The third-order valence-corrected chi connectivity index (χ3v) is 5.62. The number of thiazole rings is 1. The van der Waals surface area contributed by atoms with Crippen molar-refractivity contribution in [2.45, 2.75) is 32.4 Å². The van der Waals surface area contributed by atoms with Crippen LogP contribution in [0.3, 0.4) is 0 Å². The van der Waals surface area contributed by atoms with Crippen LogP contribution in [0, 0.1) is 18.7 Å². The number of alkyl halides is 3. The lowest BCUT2D eigenvalue weighted by molar-refractivity contribution is -0.179. The number of nitrogens with zero attached hydrogens (tertiary/aromatic N) is 2. The molecule has 8 heteroatoms. The molecule has 142 valence electrons. The van der Waals surface area contributed by atoms with E-state index in [1.807, 2.05) is 11.8 Å². The Morgan fingerprint density at radius 2 is 1.92 bits per heavy atom. The maximum Gasteiger partial charge on any atom is 0.391 e. The monoisotopic (exact) mass is 388 g/mol. The van der Waals surface area contributed by atoms with Crippen LogP contribution in [0.5, 0.6) is 5.75 Å². The van der Waals surface area contributed by atoms with Gasteiger partial charge >= 0.3 is 6.18 Å². The first-order chi connectivity index (χ1) is 12.3. The van der Waals surface area contributed by atoms with Crippen molar-refractivity contribution in [2.75, 3.05) is 24.6 Å². The highest BCUT2D eigenvalue weighted by Crippen LogP contribution is 2.36. The molecule has 1 aliphatic rings. The Labute approximate surface area is 153 Å². The maximum absolute atomic E-state index is 13.5. The van der Waals surface area contributed by atoms with Crippen molar-refractivity contribution in [3.63, 3.8) is 0 Å². The van der Waals surface area contributed by atoms with E-state index in [1.54, 1.807) is 18.2 Å². The normalized spacial score (nSPS) is 16.1. The Bertz CT molecular complexity index is 739. The number of aromatic nitrogens is 1. The molecule has 0 amide bonds. The minimum Gasteiger partial charge on any atom is -0.490 e. The number of piperidine rings is 1. The summed E-state index contributed by atoms with van der Waals surface area (Å²) in [6, 6.07) is 6.21. The number of ether oxygens (including phenoxy) is 1. The molecule has 1 aromatic heterocycles. The van der Waals surface area contributed by atoms with Gasteiger partial charge in [0.05, 0.1) is 18.2 Å². The molecule has 2 heterocycles. The molecule has 3 nitrogen and oxygen atoms in total. The highest BCUT2D eigenvalue weighted by molar-refractivity contribution is 7.15. The fourth-order valence-corrected chi connectivity index (χ4v) is 4.00. The molecule has 0 N–H and O–H groups in total. The van der Waals surface area contributed by atoms with Gasteiger partial charge in [0.1, 0.15) is 0 Å². The Hall–Kier alpha value is -1.83. The van der Waals surface area contributed by atoms with Gasteiger partial charge in [0.2, 0.25) is 0 Å². The molecule has 0 bridgehead atoms. The minimum atomic E-state index is -4.11. The lowest BCUT2D eigenvalue weighted by Crippen LogP contribution is -2.38. The van der Waals surface area contributed by atoms with Crippen LogP contribution in [0.25, 0.3) is 0 Å². The Morgan fingerprint density at radius 3 is 2.58 bits per heavy atom. The minimum absolute atomic E-state index is 0.105. The molecule has 3 rings (SSSR count). The second kappa shape index (κ2) is 7.82. The highest BCUT2D eigenvalue weighted by atomic mass is 32.1. The number of rotatable bonds is 5. The number of para-hydroxylation sites is 1. The van der Waals surface area contributed by atoms with Crippen LogP contribution in [0.15, 0.2) is 24.3 Å². The first-order valence-corrected chi connectivity index (χ1v) is 9.31. The molecule has 2 aromatic rings. The van der Waals surface area contributed by atoms with Gasteiger partial charge in [-0.1, -0.05) is 12.1 Å². The molecule has 0 unspecified atom stereocenters. The third kappa shape index (κ3) is 4.47. The molecule has 1 saturated heterocycles. The molecule has 0 radical (unpaired) electrons. The van der Waals surface area contributed by atoms with Crippen molar-refractivity contribution in [3.05, 3.63) is 40.7 Å². The molecular weight excluding hydrogens is 368 g/mol. The van der Waals surface area contributed by atoms with E-state index in [4.69, 9.17) is 4.74 Å². The van der Waals surface area contributed by atoms with Gasteiger partial charge in [-0.25, -0.2) is 9.37 Å². The van der Waals surface area contributed by atoms with E-state index in [0.29, 0.717) is 26.1 Å². The first-order valence-electron chi connectivity index (χ1n) is 8.50. The van der Waals surface area contributed by atoms with E-state index >= 15 is 0 Å². The molecule has 1 fully saturated rings. The van der Waals surface area contributed by atoms with Crippen molar-refractivity contribution in [3.8, 4) is 5.75 Å². The SMILES string of the molecule is Cc1sc(N2CCC(C(F)(F)F)CC2)nc1CCOc1ccccc1F. The van der Waals surface area contributed by atoms with E-state index in [9.17, 15) is 17.6 Å². The second-order valence-corrected chi connectivity index (χ2v) is 7.51. The summed E-state index contributed by atoms with van der Waals surface area (Å²) in [4.78, 5) is 7.49. The van der Waals surface area contributed by atoms with Crippen LogP contribution in [0.4, 0.5) is 22.7 Å². The Morgan fingerprint density at radius 1 is 1.23 bits per heavy atom. The number of halogens is 4. The quantitative estimate of drug-likeness (QED) is 0.675. The van der Waals surface area contributed by atoms with Gasteiger partial charge < -0.3 is 9.64 Å². The topological polar surface area (TPSA) is 25.4 Å². The fourth-order valence-electron chi connectivity index (χ4n) is 3.00. The van der Waals surface area contributed by atoms with Gasteiger partial charge in [0, 0.05) is 24.4 Å². The van der Waals surface area contributed by atoms with Crippen molar-refractivity contribution in [2.24, 2.45) is 5.92 Å². The highest BCUT2D eigenvalue weighted by Gasteiger charge is 2.41. The zero-order valence-electron chi connectivity index (χ0n) is 14.4. The van der Waals surface area contributed by atoms with Crippen molar-refractivity contribution in [1.82, 2.24) is 4.98 Å². The van der Waals surface area contributed by atoms with Gasteiger partial charge in [-0.05, 0) is 31.9 Å². The summed E-state index contributed by atoms with van der Waals surface area (Å²) < 4.78 is 57.3. The number of benzene rings is 1. The van der Waals surface area contributed by atoms with E-state index in [-0.39, 0.29) is 18.6 Å². The van der Waals surface area contributed by atoms with E-state index in [0.717, 1.165) is 15.7 Å². The van der Waals surface area contributed by atoms with Crippen LogP contribution in [0.1, 0.15) is 23.4 Å². The van der Waals surface area contributed by atoms with Crippen LogP contribution >= 0.6 is 11.3 Å². The zero-order chi connectivity index (χ0) is 18.7. The molecule has 0 aliphatic carbocycles. The molecule has 0 atom stereocenters. The number of anilines is 1. The predicted octanol–water partition coefficient (Wildman–Crippen LogP) is 4.99. The summed E-state index contributed by atoms with van der Waals surface area (Å²) in [5, 5.41) is 0.754. The van der Waals surface area contributed by atoms with Crippen LogP contribution in [-0.2, 0) is 6.42 Å². The smallest absolute Gasteiger partial charge is 0.391 e. The summed E-state index contributed by atoms with van der Waals surface area (Å²) in [6.07, 6.45) is -3.38. The van der Waals surface area contributed by atoms with Crippen LogP contribution in [0.2, 0.25) is 0 Å². The van der Waals surface area contributed by atoms with Crippen molar-refractivity contribution < 1.29 is 22.3 Å². The first kappa shape index (κ1) is 18.9. The molecule has 0 saturated carbocycles. The summed E-state index contributed by atoms with van der Waals surface area (Å²) >= 11 is 1.48. The van der Waals surface area contributed by atoms with Crippen LogP contribution < -0.4 is 9.64 Å². The van der Waals surface area contributed by atoms with E-state index < -0.39 is 17.9 Å². The number of aryl methyl sites for hydroxylation is 1. The zero-order valence-corrected chi connectivity index (χ0v) is 15.2. The lowest BCUT2D eigenvalue weighted by atomic mass is 9.97. The molecular formula is C18H20F4N2OS. The second-order valence-electron chi connectivity index (χ2n) is 6.33. The van der Waals surface area contributed by atoms with Gasteiger partial charge in [-0.3, -0.25) is 0 Å². The molecule has 26 heavy (non-hydrogen) atoms. The number of hydrogen-bond donors (Lipinski definition) is 0. The lowest BCUT2D eigenvalue weighted by Gasteiger charge is -2.32. The summed E-state index contributed by atoms with van der Waals surface area (Å²) in [5.74, 6) is -1.42. The van der Waals surface area contributed by atoms with Gasteiger partial charge in [0.15, 0.2) is 16.7 Å². The number of hydrogen-bond acceptors (Lipinski definition) is 4. The average molecular weight is 388 g/mol. The summed E-state index contributed by atoms with van der Waals surface area (Å²) in [5.41, 5.74) is 0.847. The standard InChI is InChI=1S/C18H20F4N2OS/c1-12-15(8-11-25-16-5-3-2-4-14(16)19)23-17(26-12)24-9-6-13(7-10-24)18(20,21)22/h2-5,13H,6-11H2,1H3. The molecule has 1 aromatic carbocycles. The van der Waals surface area contributed by atoms with Gasteiger partial charge in [-0.2, -0.15) is 13.2 Å². The third-order valence-electron chi connectivity index (χ3n) is 4.54. The fraction of sp³-hybridized carbons (Fsp3) is 0.500. The van der Waals surface area contributed by atoms with Gasteiger partial charge in [-0.15, -0.1) is 11.3 Å². The van der Waals surface area contributed by atoms with Crippen molar-refractivity contribution in [1.29, 1.82) is 0 Å². The Kier molecular flexibility index (Phi) is 5.70. The van der Waals surface area contributed by atoms with E-state index in [2.05, 4.69) is 4.98 Å². The predicted molar refractivity (Wildman–Crippen MR) is 93.4 cm³/mol. The van der Waals surface area contributed by atoms with Crippen molar-refractivity contribution >= 4 is 16.5 Å². The van der Waals surface area contributed by atoms with E-state index in [1.165, 1.54) is 17.4 Å². The van der Waals surface area contributed by atoms with Gasteiger partial charge in [0.25, 0.3) is 0 Å². The summed E-state index contributed by atoms with van der Waals surface area (Å²) in [7, 11) is 0.